The molecule has 0 unspecified atom stereocenters. The van der Waals surface area contributed by atoms with E-state index in [4.69, 9.17) is 9.15 Å². The van der Waals surface area contributed by atoms with Crippen LogP contribution in [0.4, 0.5) is 0 Å². The lowest BCUT2D eigenvalue weighted by atomic mass is 10.1. The van der Waals surface area contributed by atoms with Gasteiger partial charge in [-0.2, -0.15) is 4.98 Å². The fraction of sp³-hybridized carbons (Fsp3) is 0.438. The molecule has 4 nitrogen and oxygen atoms in total. The molecule has 0 saturated carbocycles. The smallest absolute Gasteiger partial charge is 0.393 e. The van der Waals surface area contributed by atoms with E-state index in [0.717, 1.165) is 18.5 Å². The number of hydrogen-bond donors (Lipinski definition) is 1. The van der Waals surface area contributed by atoms with Crippen molar-refractivity contribution in [3.8, 4) is 6.08 Å². The molecule has 1 aromatic heterocycles. The Kier molecular flexibility index (Phi) is 5.62. The van der Waals surface area contributed by atoms with E-state index in [2.05, 4.69) is 48.4 Å². The van der Waals surface area contributed by atoms with E-state index in [1.807, 2.05) is 6.07 Å². The van der Waals surface area contributed by atoms with Gasteiger partial charge in [-0.25, -0.2) is 0 Å². The molecular formula is C16H22N2O2. The van der Waals surface area contributed by atoms with Gasteiger partial charge in [-0.3, -0.25) is 0 Å². The lowest BCUT2D eigenvalue weighted by Crippen LogP contribution is -2.21. The van der Waals surface area contributed by atoms with Crippen molar-refractivity contribution in [3.05, 3.63) is 47.9 Å². The van der Waals surface area contributed by atoms with Gasteiger partial charge in [0.25, 0.3) is 0 Å². The van der Waals surface area contributed by atoms with Gasteiger partial charge in [-0.05, 0) is 18.4 Å². The Bertz CT molecular complexity index is 494. The number of hydrogen-bond acceptors (Lipinski definition) is 4. The van der Waals surface area contributed by atoms with Crippen LogP contribution in [0.2, 0.25) is 0 Å². The topological polar surface area (TPSA) is 47.3 Å². The third-order valence-electron chi connectivity index (χ3n) is 2.90. The average Bonchev–Trinajstić information content (AvgIpc) is 2.90. The molecule has 2 aromatic rings. The van der Waals surface area contributed by atoms with Gasteiger partial charge in [0.05, 0.1) is 12.3 Å². The summed E-state index contributed by atoms with van der Waals surface area (Å²) < 4.78 is 10.8. The minimum absolute atomic E-state index is 0.360. The van der Waals surface area contributed by atoms with Crippen LogP contribution in [0.5, 0.6) is 6.08 Å². The molecule has 0 fully saturated rings. The number of nitrogens with one attached hydrogen (secondary N) is 1. The lowest BCUT2D eigenvalue weighted by molar-refractivity contribution is 0.227. The zero-order valence-electron chi connectivity index (χ0n) is 12.1. The van der Waals surface area contributed by atoms with Crippen molar-refractivity contribution < 1.29 is 9.15 Å². The van der Waals surface area contributed by atoms with Crippen LogP contribution in [0.25, 0.3) is 0 Å². The number of ether oxygens (including phenoxy) is 1. The quantitative estimate of drug-likeness (QED) is 0.751. The van der Waals surface area contributed by atoms with Crippen LogP contribution >= 0.6 is 0 Å². The van der Waals surface area contributed by atoms with Gasteiger partial charge in [0.15, 0.2) is 0 Å². The maximum absolute atomic E-state index is 5.51. The summed E-state index contributed by atoms with van der Waals surface area (Å²) in [6.45, 7) is 5.52. The van der Waals surface area contributed by atoms with E-state index in [1.165, 1.54) is 5.56 Å². The number of aromatic nitrogens is 1. The van der Waals surface area contributed by atoms with Gasteiger partial charge in [-0.15, -0.1) is 0 Å². The molecule has 0 bridgehead atoms. The first-order valence-corrected chi connectivity index (χ1v) is 7.08. The van der Waals surface area contributed by atoms with E-state index in [0.29, 0.717) is 25.3 Å². The molecule has 0 spiro atoms. The summed E-state index contributed by atoms with van der Waals surface area (Å²) in [5, 5.41) is 3.29. The van der Waals surface area contributed by atoms with Crippen molar-refractivity contribution >= 4 is 0 Å². The van der Waals surface area contributed by atoms with Crippen molar-refractivity contribution in [2.75, 3.05) is 6.61 Å². The highest BCUT2D eigenvalue weighted by atomic mass is 16.6. The summed E-state index contributed by atoms with van der Waals surface area (Å²) in [5.41, 5.74) is 2.20. The van der Waals surface area contributed by atoms with E-state index >= 15 is 0 Å². The molecule has 0 radical (unpaired) electrons. The highest BCUT2D eigenvalue weighted by Crippen LogP contribution is 2.11. The zero-order valence-corrected chi connectivity index (χ0v) is 12.1. The Labute approximate surface area is 120 Å². The summed E-state index contributed by atoms with van der Waals surface area (Å²) in [6, 6.07) is 10.8. The fourth-order valence-corrected chi connectivity index (χ4v) is 1.83. The fourth-order valence-electron chi connectivity index (χ4n) is 1.83. The minimum Gasteiger partial charge on any atom is -0.450 e. The van der Waals surface area contributed by atoms with Gasteiger partial charge < -0.3 is 14.5 Å². The first-order valence-electron chi connectivity index (χ1n) is 7.08. The molecule has 0 aliphatic carbocycles. The number of benzene rings is 1. The second-order valence-electron chi connectivity index (χ2n) is 5.08. The molecule has 1 heterocycles. The van der Waals surface area contributed by atoms with Gasteiger partial charge in [0.1, 0.15) is 6.26 Å². The second-order valence-corrected chi connectivity index (χ2v) is 5.08. The van der Waals surface area contributed by atoms with Gasteiger partial charge >= 0.3 is 6.08 Å². The molecule has 0 aliphatic heterocycles. The first-order chi connectivity index (χ1) is 9.74. The molecule has 20 heavy (non-hydrogen) atoms. The standard InChI is InChI=1S/C16H22N2O2/c1-13(2)17-11-15-12-20-16(18-15)19-10-6-9-14-7-4-3-5-8-14/h3-5,7-8,12-13,17H,6,9-11H2,1-2H3. The molecule has 2 rings (SSSR count). The second kappa shape index (κ2) is 7.70. The van der Waals surface area contributed by atoms with Crippen LogP contribution in [-0.2, 0) is 13.0 Å². The average molecular weight is 274 g/mol. The van der Waals surface area contributed by atoms with Crippen molar-refractivity contribution in [1.82, 2.24) is 10.3 Å². The summed E-state index contributed by atoms with van der Waals surface area (Å²) in [6.07, 6.45) is 3.95. The molecule has 1 N–H and O–H groups in total. The summed E-state index contributed by atoms with van der Waals surface area (Å²) in [4.78, 5) is 4.28. The van der Waals surface area contributed by atoms with Crippen LogP contribution < -0.4 is 10.1 Å². The van der Waals surface area contributed by atoms with Gasteiger partial charge in [-0.1, -0.05) is 44.2 Å². The maximum atomic E-state index is 5.51. The molecule has 4 heteroatoms. The monoisotopic (exact) mass is 274 g/mol. The molecule has 0 saturated heterocycles. The SMILES string of the molecule is CC(C)NCc1coc(OCCCc2ccccc2)n1. The number of oxazole rings is 1. The molecule has 0 aliphatic rings. The van der Waals surface area contributed by atoms with Crippen molar-refractivity contribution in [1.29, 1.82) is 0 Å². The summed E-state index contributed by atoms with van der Waals surface area (Å²) >= 11 is 0. The number of rotatable bonds is 8. The van der Waals surface area contributed by atoms with E-state index in [-0.39, 0.29) is 0 Å². The van der Waals surface area contributed by atoms with Crippen molar-refractivity contribution in [3.63, 3.8) is 0 Å². The Morgan fingerprint density at radius 2 is 2.05 bits per heavy atom. The highest BCUT2D eigenvalue weighted by Gasteiger charge is 2.05. The number of aryl methyl sites for hydroxylation is 1. The van der Waals surface area contributed by atoms with E-state index in [1.54, 1.807) is 6.26 Å². The highest BCUT2D eigenvalue weighted by molar-refractivity contribution is 5.14. The van der Waals surface area contributed by atoms with Crippen LogP contribution in [0.1, 0.15) is 31.5 Å². The zero-order chi connectivity index (χ0) is 14.2. The third-order valence-corrected chi connectivity index (χ3v) is 2.90. The van der Waals surface area contributed by atoms with Crippen molar-refractivity contribution in [2.45, 2.75) is 39.3 Å². The molecule has 0 amide bonds. The lowest BCUT2D eigenvalue weighted by Gasteiger charge is -2.04. The molecule has 1 aromatic carbocycles. The Balaban J connectivity index is 1.67. The predicted molar refractivity (Wildman–Crippen MR) is 78.7 cm³/mol. The van der Waals surface area contributed by atoms with Crippen molar-refractivity contribution in [2.24, 2.45) is 0 Å². The van der Waals surface area contributed by atoms with Crippen LogP contribution in [-0.4, -0.2) is 17.6 Å². The van der Waals surface area contributed by atoms with Gasteiger partial charge in [0.2, 0.25) is 0 Å². The molecule has 0 atom stereocenters. The minimum atomic E-state index is 0.360. The summed E-state index contributed by atoms with van der Waals surface area (Å²) in [7, 11) is 0. The Morgan fingerprint density at radius 1 is 1.25 bits per heavy atom. The van der Waals surface area contributed by atoms with E-state index in [9.17, 15) is 0 Å². The van der Waals surface area contributed by atoms with Crippen LogP contribution in [0, 0.1) is 0 Å². The molecular weight excluding hydrogens is 252 g/mol. The maximum Gasteiger partial charge on any atom is 0.393 e. The van der Waals surface area contributed by atoms with Crippen LogP contribution in [0.15, 0.2) is 41.0 Å². The van der Waals surface area contributed by atoms with Crippen LogP contribution in [0.3, 0.4) is 0 Å². The Morgan fingerprint density at radius 3 is 2.80 bits per heavy atom. The predicted octanol–water partition coefficient (Wildman–Crippen LogP) is 3.18. The van der Waals surface area contributed by atoms with Gasteiger partial charge in [0, 0.05) is 12.6 Å². The Hall–Kier alpha value is -1.81. The number of nitrogens with zero attached hydrogens (tertiary/aromatic N) is 1. The largest absolute Gasteiger partial charge is 0.450 e. The third kappa shape index (κ3) is 5.05. The normalized spacial score (nSPS) is 10.9. The first kappa shape index (κ1) is 14.6. The molecule has 108 valence electrons. The van der Waals surface area contributed by atoms with E-state index < -0.39 is 0 Å². The summed E-state index contributed by atoms with van der Waals surface area (Å²) in [5.74, 6) is 0.